The van der Waals surface area contributed by atoms with Gasteiger partial charge in [0.25, 0.3) is 0 Å². The van der Waals surface area contributed by atoms with E-state index in [0.717, 1.165) is 63.9 Å². The first-order valence-electron chi connectivity index (χ1n) is 9.08. The number of carbonyl (C=O) groups excluding carboxylic acids is 1. The lowest BCUT2D eigenvalue weighted by Gasteiger charge is -2.36. The number of aromatic nitrogens is 2. The van der Waals surface area contributed by atoms with E-state index >= 15 is 0 Å². The fourth-order valence-corrected chi connectivity index (χ4v) is 4.15. The van der Waals surface area contributed by atoms with E-state index < -0.39 is 0 Å². The molecule has 2 aliphatic rings. The van der Waals surface area contributed by atoms with Crippen LogP contribution in [-0.2, 0) is 11.3 Å². The summed E-state index contributed by atoms with van der Waals surface area (Å²) in [5.41, 5.74) is 8.36. The molecule has 1 aliphatic heterocycles. The highest BCUT2D eigenvalue weighted by Gasteiger charge is 2.31. The molecule has 0 spiro atoms. The fraction of sp³-hybridized carbons (Fsp3) is 0.778. The Hall–Kier alpha value is -1.36. The smallest absolute Gasteiger partial charge is 0.225 e. The Morgan fingerprint density at radius 1 is 1.26 bits per heavy atom. The van der Waals surface area contributed by atoms with Crippen LogP contribution in [0.25, 0.3) is 0 Å². The third kappa shape index (κ3) is 3.94. The zero-order valence-corrected chi connectivity index (χ0v) is 14.5. The van der Waals surface area contributed by atoms with E-state index in [2.05, 4.69) is 27.7 Å². The zero-order chi connectivity index (χ0) is 16.4. The van der Waals surface area contributed by atoms with Crippen LogP contribution in [0.3, 0.4) is 0 Å². The molecule has 128 valence electrons. The number of nitrogens with zero attached hydrogens (tertiary/aromatic N) is 3. The van der Waals surface area contributed by atoms with Crippen LogP contribution in [0.4, 0.5) is 0 Å². The number of nitrogens with two attached hydrogens (primary N) is 1. The average molecular weight is 318 g/mol. The Bertz CT molecular complexity index is 545. The highest BCUT2D eigenvalue weighted by molar-refractivity contribution is 5.79. The molecule has 2 N–H and O–H groups in total. The Morgan fingerprint density at radius 3 is 2.61 bits per heavy atom. The van der Waals surface area contributed by atoms with Crippen molar-refractivity contribution in [2.45, 2.75) is 65.0 Å². The molecule has 2 heterocycles. The predicted molar refractivity (Wildman–Crippen MR) is 90.9 cm³/mol. The Balaban J connectivity index is 1.50. The van der Waals surface area contributed by atoms with E-state index in [1.165, 1.54) is 5.69 Å². The van der Waals surface area contributed by atoms with E-state index in [9.17, 15) is 4.79 Å². The van der Waals surface area contributed by atoms with Crippen LogP contribution in [0.2, 0.25) is 0 Å². The lowest BCUT2D eigenvalue weighted by Crippen LogP contribution is -2.44. The number of likely N-dealkylation sites (tertiary alicyclic amines) is 1. The van der Waals surface area contributed by atoms with Crippen LogP contribution >= 0.6 is 0 Å². The summed E-state index contributed by atoms with van der Waals surface area (Å²) in [6.07, 6.45) is 6.26. The Kier molecular flexibility index (Phi) is 5.05. The van der Waals surface area contributed by atoms with E-state index in [4.69, 9.17) is 5.73 Å². The van der Waals surface area contributed by atoms with Crippen molar-refractivity contribution in [2.75, 3.05) is 13.1 Å². The third-order valence-electron chi connectivity index (χ3n) is 5.52. The number of aryl methyl sites for hydroxylation is 2. The molecule has 0 aromatic carbocycles. The van der Waals surface area contributed by atoms with Crippen molar-refractivity contribution in [2.24, 2.45) is 17.6 Å². The molecule has 0 radical (unpaired) electrons. The molecule has 2 fully saturated rings. The minimum Gasteiger partial charge on any atom is -0.342 e. The third-order valence-corrected chi connectivity index (χ3v) is 5.52. The second kappa shape index (κ2) is 7.04. The van der Waals surface area contributed by atoms with Crippen LogP contribution in [0.15, 0.2) is 6.07 Å². The monoisotopic (exact) mass is 318 g/mol. The molecule has 1 aromatic heterocycles. The largest absolute Gasteiger partial charge is 0.342 e. The molecular weight excluding hydrogens is 288 g/mol. The molecule has 0 unspecified atom stereocenters. The molecule has 1 saturated heterocycles. The van der Waals surface area contributed by atoms with Gasteiger partial charge < -0.3 is 10.6 Å². The minimum absolute atomic E-state index is 0.173. The first kappa shape index (κ1) is 16.5. The van der Waals surface area contributed by atoms with Crippen LogP contribution in [0, 0.1) is 25.7 Å². The molecule has 5 nitrogen and oxygen atoms in total. The van der Waals surface area contributed by atoms with Crippen molar-refractivity contribution < 1.29 is 4.79 Å². The first-order valence-corrected chi connectivity index (χ1v) is 9.08. The van der Waals surface area contributed by atoms with Gasteiger partial charge >= 0.3 is 0 Å². The van der Waals surface area contributed by atoms with Gasteiger partial charge in [0.1, 0.15) is 0 Å². The number of piperidine rings is 1. The summed E-state index contributed by atoms with van der Waals surface area (Å²) in [6, 6.07) is 2.35. The lowest BCUT2D eigenvalue weighted by atomic mass is 9.84. The van der Waals surface area contributed by atoms with Gasteiger partial charge in [0.15, 0.2) is 0 Å². The van der Waals surface area contributed by atoms with E-state index in [-0.39, 0.29) is 12.0 Å². The van der Waals surface area contributed by atoms with Crippen LogP contribution in [0.5, 0.6) is 0 Å². The Morgan fingerprint density at radius 2 is 2.00 bits per heavy atom. The van der Waals surface area contributed by atoms with Crippen molar-refractivity contribution in [3.8, 4) is 0 Å². The average Bonchev–Trinajstić information content (AvgIpc) is 2.85. The molecule has 2 atom stereocenters. The standard InChI is InChI=1S/C18H30N4O/c1-13-10-14(2)22(20-13)12-15-6-8-21(9-7-15)18(23)16-4-3-5-17(19)11-16/h10,15-17H,3-9,11-12,19H2,1-2H3/t16-,17-/m1/s1. The highest BCUT2D eigenvalue weighted by Crippen LogP contribution is 2.27. The van der Waals surface area contributed by atoms with Gasteiger partial charge in [0.2, 0.25) is 5.91 Å². The molecular formula is C18H30N4O. The molecule has 1 aliphatic carbocycles. The van der Waals surface area contributed by atoms with Crippen LogP contribution in [0.1, 0.15) is 49.9 Å². The van der Waals surface area contributed by atoms with Gasteiger partial charge in [-0.3, -0.25) is 9.48 Å². The molecule has 23 heavy (non-hydrogen) atoms. The second-order valence-corrected chi connectivity index (χ2v) is 7.50. The van der Waals surface area contributed by atoms with Crippen molar-refractivity contribution in [1.29, 1.82) is 0 Å². The maximum Gasteiger partial charge on any atom is 0.225 e. The SMILES string of the molecule is Cc1cc(C)n(CC2CCN(C(=O)[C@@H]3CCC[C@@H](N)C3)CC2)n1. The van der Waals surface area contributed by atoms with Gasteiger partial charge in [-0.2, -0.15) is 5.10 Å². The van der Waals surface area contributed by atoms with Crippen molar-refractivity contribution in [3.05, 3.63) is 17.5 Å². The van der Waals surface area contributed by atoms with Gasteiger partial charge in [0.05, 0.1) is 5.69 Å². The summed E-state index contributed by atoms with van der Waals surface area (Å²) in [4.78, 5) is 14.8. The highest BCUT2D eigenvalue weighted by atomic mass is 16.2. The van der Waals surface area contributed by atoms with E-state index in [1.54, 1.807) is 0 Å². The van der Waals surface area contributed by atoms with Crippen molar-refractivity contribution >= 4 is 5.91 Å². The summed E-state index contributed by atoms with van der Waals surface area (Å²) >= 11 is 0. The van der Waals surface area contributed by atoms with Gasteiger partial charge in [-0.1, -0.05) is 6.42 Å². The summed E-state index contributed by atoms with van der Waals surface area (Å²) in [5.74, 6) is 1.15. The van der Waals surface area contributed by atoms with Gasteiger partial charge in [0, 0.05) is 37.3 Å². The molecule has 1 saturated carbocycles. The number of amides is 1. The molecule has 1 amide bonds. The predicted octanol–water partition coefficient (Wildman–Crippen LogP) is 2.26. The number of hydrogen-bond donors (Lipinski definition) is 1. The maximum atomic E-state index is 12.7. The van der Waals surface area contributed by atoms with Gasteiger partial charge in [-0.05, 0) is 57.9 Å². The first-order chi connectivity index (χ1) is 11.0. The zero-order valence-electron chi connectivity index (χ0n) is 14.5. The molecule has 0 bridgehead atoms. The topological polar surface area (TPSA) is 64.2 Å². The molecule has 5 heteroatoms. The quantitative estimate of drug-likeness (QED) is 0.930. The fourth-order valence-electron chi connectivity index (χ4n) is 4.15. The number of carbonyl (C=O) groups is 1. The van der Waals surface area contributed by atoms with Crippen LogP contribution in [-0.4, -0.2) is 39.7 Å². The number of rotatable bonds is 3. The van der Waals surface area contributed by atoms with E-state index in [0.29, 0.717) is 11.8 Å². The van der Waals surface area contributed by atoms with Crippen molar-refractivity contribution in [1.82, 2.24) is 14.7 Å². The summed E-state index contributed by atoms with van der Waals surface area (Å²) in [6.45, 7) is 6.93. The van der Waals surface area contributed by atoms with Crippen molar-refractivity contribution in [3.63, 3.8) is 0 Å². The van der Waals surface area contributed by atoms with Gasteiger partial charge in [-0.25, -0.2) is 0 Å². The summed E-state index contributed by atoms with van der Waals surface area (Å²) in [7, 11) is 0. The summed E-state index contributed by atoms with van der Waals surface area (Å²) in [5, 5.41) is 4.56. The van der Waals surface area contributed by atoms with E-state index in [1.807, 2.05) is 6.92 Å². The van der Waals surface area contributed by atoms with Crippen LogP contribution < -0.4 is 5.73 Å². The van der Waals surface area contributed by atoms with Gasteiger partial charge in [-0.15, -0.1) is 0 Å². The molecule has 1 aromatic rings. The second-order valence-electron chi connectivity index (χ2n) is 7.50. The minimum atomic E-state index is 0.173. The maximum absolute atomic E-state index is 12.7. The molecule has 3 rings (SSSR count). The lowest BCUT2D eigenvalue weighted by molar-refractivity contribution is -0.138. The normalized spacial score (nSPS) is 26.5. The Labute approximate surface area is 139 Å². The number of hydrogen-bond acceptors (Lipinski definition) is 3. The summed E-state index contributed by atoms with van der Waals surface area (Å²) < 4.78 is 2.12.